The summed E-state index contributed by atoms with van der Waals surface area (Å²) in [6.07, 6.45) is 3.84. The molecule has 2 rings (SSSR count). The maximum Gasteiger partial charge on any atom is 0.220 e. The summed E-state index contributed by atoms with van der Waals surface area (Å²) >= 11 is 0. The second-order valence-corrected chi connectivity index (χ2v) is 7.84. The van der Waals surface area contributed by atoms with Gasteiger partial charge in [0.15, 0.2) is 0 Å². The normalized spacial score (nSPS) is 22.3. The summed E-state index contributed by atoms with van der Waals surface area (Å²) in [5.41, 5.74) is 8.47. The van der Waals surface area contributed by atoms with Crippen LogP contribution < -0.4 is 11.1 Å². The van der Waals surface area contributed by atoms with Crippen molar-refractivity contribution in [2.45, 2.75) is 65.5 Å². The van der Waals surface area contributed by atoms with Crippen LogP contribution in [-0.4, -0.2) is 11.9 Å². The Morgan fingerprint density at radius 1 is 1.35 bits per heavy atom. The quantitative estimate of drug-likeness (QED) is 0.866. The number of nitrogens with two attached hydrogens (primary N) is 1. The Labute approximate surface area is 146 Å². The maximum absolute atomic E-state index is 12.5. The average molecular weight is 339 g/mol. The Kier molecular flexibility index (Phi) is 7.09. The highest BCUT2D eigenvalue weighted by molar-refractivity contribution is 5.85. The first kappa shape index (κ1) is 20.0. The number of rotatable bonds is 4. The predicted molar refractivity (Wildman–Crippen MR) is 98.7 cm³/mol. The summed E-state index contributed by atoms with van der Waals surface area (Å²) in [5.74, 6) is 0.474. The Bertz CT molecular complexity index is 524. The van der Waals surface area contributed by atoms with Crippen LogP contribution in [0.3, 0.4) is 0 Å². The highest BCUT2D eigenvalue weighted by atomic mass is 35.5. The highest BCUT2D eigenvalue weighted by Crippen LogP contribution is 2.34. The molecule has 4 heteroatoms. The van der Waals surface area contributed by atoms with Gasteiger partial charge in [-0.05, 0) is 36.7 Å². The summed E-state index contributed by atoms with van der Waals surface area (Å²) in [4.78, 5) is 12.5. The molecule has 0 bridgehead atoms. The number of amides is 1. The predicted octanol–water partition coefficient (Wildman–Crippen LogP) is 4.14. The van der Waals surface area contributed by atoms with Gasteiger partial charge in [0.05, 0.1) is 6.04 Å². The third kappa shape index (κ3) is 5.50. The first-order valence-corrected chi connectivity index (χ1v) is 8.39. The van der Waals surface area contributed by atoms with Gasteiger partial charge in [0, 0.05) is 12.5 Å². The topological polar surface area (TPSA) is 55.1 Å². The second-order valence-electron chi connectivity index (χ2n) is 7.84. The fourth-order valence-corrected chi connectivity index (χ4v) is 3.43. The molecule has 1 saturated carbocycles. The van der Waals surface area contributed by atoms with E-state index in [-0.39, 0.29) is 35.8 Å². The minimum absolute atomic E-state index is 0. The molecular formula is C19H31ClN2O. The van der Waals surface area contributed by atoms with E-state index in [1.54, 1.807) is 0 Å². The zero-order valence-corrected chi connectivity index (χ0v) is 15.6. The third-order valence-electron chi connectivity index (χ3n) is 4.71. The molecule has 1 aliphatic rings. The lowest BCUT2D eigenvalue weighted by Crippen LogP contribution is -2.38. The van der Waals surface area contributed by atoms with Gasteiger partial charge in [-0.15, -0.1) is 12.4 Å². The van der Waals surface area contributed by atoms with E-state index >= 15 is 0 Å². The van der Waals surface area contributed by atoms with Crippen molar-refractivity contribution in [3.8, 4) is 0 Å². The van der Waals surface area contributed by atoms with E-state index in [2.05, 4.69) is 57.3 Å². The minimum Gasteiger partial charge on any atom is -0.349 e. The van der Waals surface area contributed by atoms with E-state index in [1.165, 1.54) is 11.1 Å². The molecule has 1 fully saturated rings. The van der Waals surface area contributed by atoms with Gasteiger partial charge in [-0.1, -0.05) is 57.0 Å². The minimum atomic E-state index is -0.0265. The van der Waals surface area contributed by atoms with Gasteiger partial charge in [0.1, 0.15) is 0 Å². The molecule has 1 aromatic carbocycles. The molecule has 0 spiro atoms. The summed E-state index contributed by atoms with van der Waals surface area (Å²) in [6, 6.07) is 8.63. The van der Waals surface area contributed by atoms with Crippen LogP contribution in [0.2, 0.25) is 0 Å². The van der Waals surface area contributed by atoms with Gasteiger partial charge in [0.25, 0.3) is 0 Å². The Hall–Kier alpha value is -1.06. The van der Waals surface area contributed by atoms with Crippen LogP contribution in [0.1, 0.15) is 63.6 Å². The highest BCUT2D eigenvalue weighted by Gasteiger charge is 2.30. The standard InChI is InChI=1S/C19H30N2O.ClH/c1-13-7-5-9-15(11-13)18(19(2,3)4)21-17(22)12-14-8-6-10-16(14)20;/h5,7,9,11,14,16,18H,6,8,10,12,20H2,1-4H3,(H,21,22);1H/t14-,16+,18?;/m0./s1. The van der Waals surface area contributed by atoms with E-state index in [0.717, 1.165) is 19.3 Å². The van der Waals surface area contributed by atoms with Crippen molar-refractivity contribution in [3.63, 3.8) is 0 Å². The lowest BCUT2D eigenvalue weighted by molar-refractivity contribution is -0.123. The van der Waals surface area contributed by atoms with Crippen LogP contribution in [-0.2, 0) is 4.79 Å². The molecule has 3 nitrogen and oxygen atoms in total. The first-order valence-electron chi connectivity index (χ1n) is 8.39. The summed E-state index contributed by atoms with van der Waals surface area (Å²) in [7, 11) is 0. The van der Waals surface area contributed by atoms with Gasteiger partial charge in [-0.25, -0.2) is 0 Å². The van der Waals surface area contributed by atoms with Crippen LogP contribution in [0.5, 0.6) is 0 Å². The van der Waals surface area contributed by atoms with E-state index in [0.29, 0.717) is 12.3 Å². The number of halogens is 1. The van der Waals surface area contributed by atoms with Gasteiger partial charge in [-0.2, -0.15) is 0 Å². The molecule has 23 heavy (non-hydrogen) atoms. The van der Waals surface area contributed by atoms with Crippen molar-refractivity contribution in [2.75, 3.05) is 0 Å². The molecule has 1 aliphatic carbocycles. The fourth-order valence-electron chi connectivity index (χ4n) is 3.43. The number of carbonyl (C=O) groups excluding carboxylic acids is 1. The van der Waals surface area contributed by atoms with Gasteiger partial charge < -0.3 is 11.1 Å². The molecule has 3 N–H and O–H groups in total. The SMILES string of the molecule is Cc1cccc(C(NC(=O)C[C@@H]2CCC[C@H]2N)C(C)(C)C)c1.Cl. The largest absolute Gasteiger partial charge is 0.349 e. The lowest BCUT2D eigenvalue weighted by Gasteiger charge is -2.32. The maximum atomic E-state index is 12.5. The fraction of sp³-hybridized carbons (Fsp3) is 0.632. The van der Waals surface area contributed by atoms with Crippen molar-refractivity contribution in [2.24, 2.45) is 17.1 Å². The monoisotopic (exact) mass is 338 g/mol. The number of aryl methyl sites for hydroxylation is 1. The number of hydrogen-bond acceptors (Lipinski definition) is 2. The van der Waals surface area contributed by atoms with Gasteiger partial charge >= 0.3 is 0 Å². The van der Waals surface area contributed by atoms with E-state index in [1.807, 2.05) is 0 Å². The molecule has 0 aromatic heterocycles. The molecule has 1 unspecified atom stereocenters. The van der Waals surface area contributed by atoms with Crippen LogP contribution in [0.25, 0.3) is 0 Å². The van der Waals surface area contributed by atoms with Crippen molar-refractivity contribution in [1.29, 1.82) is 0 Å². The van der Waals surface area contributed by atoms with Crippen LogP contribution in [0.15, 0.2) is 24.3 Å². The first-order chi connectivity index (χ1) is 10.3. The number of hydrogen-bond donors (Lipinski definition) is 2. The number of carbonyl (C=O) groups is 1. The summed E-state index contributed by atoms with van der Waals surface area (Å²) in [6.45, 7) is 8.59. The third-order valence-corrected chi connectivity index (χ3v) is 4.71. The summed E-state index contributed by atoms with van der Waals surface area (Å²) in [5, 5.41) is 3.25. The molecule has 0 radical (unpaired) electrons. The zero-order chi connectivity index (χ0) is 16.3. The van der Waals surface area contributed by atoms with Gasteiger partial charge in [0.2, 0.25) is 5.91 Å². The molecular weight excluding hydrogens is 308 g/mol. The molecule has 130 valence electrons. The molecule has 0 heterocycles. The van der Waals surface area contributed by atoms with Crippen molar-refractivity contribution in [3.05, 3.63) is 35.4 Å². The summed E-state index contributed by atoms with van der Waals surface area (Å²) < 4.78 is 0. The second kappa shape index (κ2) is 8.16. The Morgan fingerprint density at radius 3 is 2.57 bits per heavy atom. The molecule has 1 aromatic rings. The molecule has 3 atom stereocenters. The number of benzene rings is 1. The molecule has 0 aliphatic heterocycles. The van der Waals surface area contributed by atoms with Crippen molar-refractivity contribution < 1.29 is 4.79 Å². The van der Waals surface area contributed by atoms with Crippen molar-refractivity contribution >= 4 is 18.3 Å². The average Bonchev–Trinajstić information content (AvgIpc) is 2.80. The number of nitrogens with one attached hydrogen (secondary N) is 1. The molecule has 0 saturated heterocycles. The van der Waals surface area contributed by atoms with Crippen LogP contribution in [0, 0.1) is 18.3 Å². The van der Waals surface area contributed by atoms with E-state index in [9.17, 15) is 4.79 Å². The zero-order valence-electron chi connectivity index (χ0n) is 14.8. The van der Waals surface area contributed by atoms with Crippen LogP contribution in [0.4, 0.5) is 0 Å². The van der Waals surface area contributed by atoms with Gasteiger partial charge in [-0.3, -0.25) is 4.79 Å². The Morgan fingerprint density at radius 2 is 2.04 bits per heavy atom. The Balaban J connectivity index is 0.00000264. The lowest BCUT2D eigenvalue weighted by atomic mass is 9.81. The smallest absolute Gasteiger partial charge is 0.220 e. The van der Waals surface area contributed by atoms with E-state index < -0.39 is 0 Å². The van der Waals surface area contributed by atoms with E-state index in [4.69, 9.17) is 5.73 Å². The van der Waals surface area contributed by atoms with Crippen LogP contribution >= 0.6 is 12.4 Å². The molecule has 1 amide bonds. The van der Waals surface area contributed by atoms with Crippen molar-refractivity contribution in [1.82, 2.24) is 5.32 Å².